The van der Waals surface area contributed by atoms with Gasteiger partial charge in [0.2, 0.25) is 5.72 Å². The molecular formula is C21H23ClN2O2. The van der Waals surface area contributed by atoms with Crippen LogP contribution in [0.3, 0.4) is 0 Å². The number of likely N-dealkylation sites (tertiary alicyclic amines) is 1. The zero-order valence-corrected chi connectivity index (χ0v) is 15.6. The van der Waals surface area contributed by atoms with Gasteiger partial charge in [-0.05, 0) is 36.5 Å². The maximum atomic E-state index is 13.4. The minimum absolute atomic E-state index is 0.285. The summed E-state index contributed by atoms with van der Waals surface area (Å²) in [7, 11) is 0. The molecule has 2 heterocycles. The van der Waals surface area contributed by atoms with Crippen LogP contribution in [0.15, 0.2) is 48.5 Å². The number of para-hydroxylation sites is 1. The second-order valence-corrected chi connectivity index (χ2v) is 7.77. The van der Waals surface area contributed by atoms with Crippen LogP contribution in [0, 0.1) is 5.92 Å². The summed E-state index contributed by atoms with van der Waals surface area (Å²) in [6, 6.07) is 15.1. The van der Waals surface area contributed by atoms with E-state index in [2.05, 4.69) is 6.92 Å². The van der Waals surface area contributed by atoms with Crippen molar-refractivity contribution in [3.05, 3.63) is 64.7 Å². The number of fused-ring (bicyclic) bond motifs is 1. The summed E-state index contributed by atoms with van der Waals surface area (Å²) in [6.45, 7) is 3.96. The molecule has 136 valence electrons. The molecule has 0 saturated carbocycles. The molecule has 1 N–H and O–H groups in total. The van der Waals surface area contributed by atoms with E-state index in [-0.39, 0.29) is 5.91 Å². The SMILES string of the molecule is C[C@@H]1CCCN([C@@]2(O)C(=O)N(Cc3ccccc3Cl)c3ccccc32)C1. The molecule has 4 nitrogen and oxygen atoms in total. The van der Waals surface area contributed by atoms with Crippen LogP contribution in [0.4, 0.5) is 5.69 Å². The Balaban J connectivity index is 1.74. The Morgan fingerprint density at radius 2 is 1.92 bits per heavy atom. The van der Waals surface area contributed by atoms with Gasteiger partial charge in [-0.1, -0.05) is 54.9 Å². The van der Waals surface area contributed by atoms with Gasteiger partial charge >= 0.3 is 0 Å². The third-order valence-electron chi connectivity index (χ3n) is 5.51. The molecule has 0 unspecified atom stereocenters. The normalized spacial score (nSPS) is 26.2. The first-order valence-corrected chi connectivity index (χ1v) is 9.52. The number of piperidine rings is 1. The monoisotopic (exact) mass is 370 g/mol. The van der Waals surface area contributed by atoms with Crippen LogP contribution in [0.2, 0.25) is 5.02 Å². The van der Waals surface area contributed by atoms with Crippen LogP contribution < -0.4 is 4.90 Å². The summed E-state index contributed by atoms with van der Waals surface area (Å²) in [4.78, 5) is 17.0. The number of nitrogens with zero attached hydrogens (tertiary/aromatic N) is 2. The quantitative estimate of drug-likeness (QED) is 0.894. The molecule has 0 radical (unpaired) electrons. The zero-order valence-electron chi connectivity index (χ0n) is 14.9. The van der Waals surface area contributed by atoms with E-state index in [1.807, 2.05) is 53.4 Å². The Labute approximate surface area is 159 Å². The first-order valence-electron chi connectivity index (χ1n) is 9.14. The Hall–Kier alpha value is -1.88. The molecule has 5 heteroatoms. The number of halogens is 1. The van der Waals surface area contributed by atoms with Crippen molar-refractivity contribution in [1.82, 2.24) is 4.90 Å². The predicted molar refractivity (Wildman–Crippen MR) is 103 cm³/mol. The number of rotatable bonds is 3. The molecule has 2 aromatic carbocycles. The van der Waals surface area contributed by atoms with Gasteiger partial charge in [-0.15, -0.1) is 0 Å². The Kier molecular flexibility index (Phi) is 4.51. The molecule has 0 spiro atoms. The zero-order chi connectivity index (χ0) is 18.3. The molecule has 2 aromatic rings. The van der Waals surface area contributed by atoms with Crippen LogP contribution in [-0.2, 0) is 17.1 Å². The van der Waals surface area contributed by atoms with Gasteiger partial charge < -0.3 is 10.0 Å². The van der Waals surface area contributed by atoms with E-state index in [1.165, 1.54) is 0 Å². The Morgan fingerprint density at radius 3 is 2.69 bits per heavy atom. The van der Waals surface area contributed by atoms with Crippen molar-refractivity contribution >= 4 is 23.2 Å². The van der Waals surface area contributed by atoms with E-state index in [0.717, 1.165) is 37.2 Å². The van der Waals surface area contributed by atoms with Crippen molar-refractivity contribution in [3.8, 4) is 0 Å². The summed E-state index contributed by atoms with van der Waals surface area (Å²) in [5.74, 6) is 0.179. The van der Waals surface area contributed by atoms with Crippen molar-refractivity contribution in [2.75, 3.05) is 18.0 Å². The first-order chi connectivity index (χ1) is 12.5. The lowest BCUT2D eigenvalue weighted by atomic mass is 9.94. The number of anilines is 1. The lowest BCUT2D eigenvalue weighted by Crippen LogP contribution is -2.55. The molecule has 2 aliphatic heterocycles. The van der Waals surface area contributed by atoms with Crippen molar-refractivity contribution in [3.63, 3.8) is 0 Å². The van der Waals surface area contributed by atoms with Crippen LogP contribution in [0.5, 0.6) is 0 Å². The molecule has 4 rings (SSSR count). The average Bonchev–Trinajstić information content (AvgIpc) is 2.87. The standard InChI is InChI=1S/C21H23ClN2O2/c1-15-7-6-12-23(13-15)21(26)17-9-3-5-11-19(17)24(20(21)25)14-16-8-2-4-10-18(16)22/h2-5,8-11,15,26H,6-7,12-14H2,1H3/t15-,21+/m1/s1. The van der Waals surface area contributed by atoms with Gasteiger partial charge in [0.15, 0.2) is 0 Å². The first kappa shape index (κ1) is 17.5. The topological polar surface area (TPSA) is 43.8 Å². The number of amides is 1. The molecular weight excluding hydrogens is 348 g/mol. The van der Waals surface area contributed by atoms with E-state index in [0.29, 0.717) is 23.0 Å². The van der Waals surface area contributed by atoms with E-state index in [9.17, 15) is 9.90 Å². The third-order valence-corrected chi connectivity index (χ3v) is 5.88. The van der Waals surface area contributed by atoms with Gasteiger partial charge in [-0.3, -0.25) is 9.69 Å². The average molecular weight is 371 g/mol. The van der Waals surface area contributed by atoms with Crippen LogP contribution in [0.25, 0.3) is 0 Å². The van der Waals surface area contributed by atoms with Gasteiger partial charge in [0.1, 0.15) is 0 Å². The van der Waals surface area contributed by atoms with Gasteiger partial charge in [0.25, 0.3) is 5.91 Å². The Bertz CT molecular complexity index is 840. The van der Waals surface area contributed by atoms with Crippen molar-refractivity contribution < 1.29 is 9.90 Å². The molecule has 0 aromatic heterocycles. The summed E-state index contributed by atoms with van der Waals surface area (Å²) in [5.41, 5.74) is 0.713. The molecule has 1 saturated heterocycles. The van der Waals surface area contributed by atoms with Gasteiger partial charge in [-0.2, -0.15) is 0 Å². The highest BCUT2D eigenvalue weighted by Gasteiger charge is 2.54. The van der Waals surface area contributed by atoms with Crippen LogP contribution >= 0.6 is 11.6 Å². The van der Waals surface area contributed by atoms with Crippen molar-refractivity contribution in [1.29, 1.82) is 0 Å². The van der Waals surface area contributed by atoms with Gasteiger partial charge in [0.05, 0.1) is 12.2 Å². The van der Waals surface area contributed by atoms with E-state index < -0.39 is 5.72 Å². The number of carbonyl (C=O) groups is 1. The smallest absolute Gasteiger partial charge is 0.279 e. The number of hydrogen-bond acceptors (Lipinski definition) is 3. The van der Waals surface area contributed by atoms with Crippen LogP contribution in [0.1, 0.15) is 30.9 Å². The highest BCUT2D eigenvalue weighted by Crippen LogP contribution is 2.44. The molecule has 0 bridgehead atoms. The molecule has 1 fully saturated rings. The summed E-state index contributed by atoms with van der Waals surface area (Å²) < 4.78 is 0. The molecule has 26 heavy (non-hydrogen) atoms. The maximum Gasteiger partial charge on any atom is 0.279 e. The fourth-order valence-corrected chi connectivity index (χ4v) is 4.35. The maximum absolute atomic E-state index is 13.4. The lowest BCUT2D eigenvalue weighted by Gasteiger charge is -2.40. The summed E-state index contributed by atoms with van der Waals surface area (Å²) >= 11 is 6.31. The van der Waals surface area contributed by atoms with E-state index in [1.54, 1.807) is 4.90 Å². The predicted octanol–water partition coefficient (Wildman–Crippen LogP) is 3.76. The Morgan fingerprint density at radius 1 is 1.19 bits per heavy atom. The minimum Gasteiger partial charge on any atom is -0.364 e. The van der Waals surface area contributed by atoms with Gasteiger partial charge in [-0.25, -0.2) is 0 Å². The summed E-state index contributed by atoms with van der Waals surface area (Å²) in [5, 5.41) is 12.2. The molecule has 2 aliphatic rings. The number of benzene rings is 2. The second-order valence-electron chi connectivity index (χ2n) is 7.37. The fraction of sp³-hybridized carbons (Fsp3) is 0.381. The highest BCUT2D eigenvalue weighted by atomic mass is 35.5. The molecule has 1 amide bonds. The molecule has 0 aliphatic carbocycles. The molecule has 2 atom stereocenters. The number of carbonyl (C=O) groups excluding carboxylic acids is 1. The number of hydrogen-bond donors (Lipinski definition) is 1. The van der Waals surface area contributed by atoms with E-state index >= 15 is 0 Å². The number of aliphatic hydroxyl groups is 1. The minimum atomic E-state index is -1.59. The second kappa shape index (κ2) is 6.69. The fourth-order valence-electron chi connectivity index (χ4n) is 4.16. The van der Waals surface area contributed by atoms with Gasteiger partial charge in [0, 0.05) is 23.7 Å². The summed E-state index contributed by atoms with van der Waals surface area (Å²) in [6.07, 6.45) is 2.12. The van der Waals surface area contributed by atoms with Crippen LogP contribution in [-0.4, -0.2) is 29.0 Å². The highest BCUT2D eigenvalue weighted by molar-refractivity contribution is 6.31. The lowest BCUT2D eigenvalue weighted by molar-refractivity contribution is -0.165. The van der Waals surface area contributed by atoms with Crippen molar-refractivity contribution in [2.45, 2.75) is 32.0 Å². The third kappa shape index (κ3) is 2.73. The largest absolute Gasteiger partial charge is 0.364 e. The van der Waals surface area contributed by atoms with Crippen molar-refractivity contribution in [2.24, 2.45) is 5.92 Å². The van der Waals surface area contributed by atoms with E-state index in [4.69, 9.17) is 11.6 Å².